The van der Waals surface area contributed by atoms with Gasteiger partial charge in [0, 0.05) is 36.0 Å². The summed E-state index contributed by atoms with van der Waals surface area (Å²) >= 11 is 0. The molecule has 3 aromatic rings. The minimum absolute atomic E-state index is 0.263. The van der Waals surface area contributed by atoms with Crippen LogP contribution in [0.2, 0.25) is 0 Å². The van der Waals surface area contributed by atoms with Crippen molar-refractivity contribution in [3.05, 3.63) is 64.7 Å². The Labute approximate surface area is 181 Å². The van der Waals surface area contributed by atoms with Gasteiger partial charge >= 0.3 is 6.18 Å². The van der Waals surface area contributed by atoms with Gasteiger partial charge < -0.3 is 14.0 Å². The van der Waals surface area contributed by atoms with Gasteiger partial charge in [-0.3, -0.25) is 9.78 Å². The van der Waals surface area contributed by atoms with Gasteiger partial charge in [0.25, 0.3) is 5.56 Å². The molecule has 0 spiro atoms. The molecule has 0 saturated heterocycles. The summed E-state index contributed by atoms with van der Waals surface area (Å²) in [7, 11) is 1.59. The van der Waals surface area contributed by atoms with Crippen LogP contribution >= 0.6 is 0 Å². The number of methoxy groups -OCH3 is 1. The quantitative estimate of drug-likeness (QED) is 0.550. The lowest BCUT2D eigenvalue weighted by Gasteiger charge is -2.13. The molecule has 0 radical (unpaired) electrons. The molecule has 1 fully saturated rings. The Morgan fingerprint density at radius 3 is 2.66 bits per heavy atom. The average molecular weight is 446 g/mol. The summed E-state index contributed by atoms with van der Waals surface area (Å²) in [4.78, 5) is 25.0. The lowest BCUT2D eigenvalue weighted by molar-refractivity contribution is -0.141. The van der Waals surface area contributed by atoms with Gasteiger partial charge in [0.05, 0.1) is 25.5 Å². The zero-order chi connectivity index (χ0) is 22.9. The predicted octanol–water partition coefficient (Wildman–Crippen LogP) is 3.76. The van der Waals surface area contributed by atoms with Gasteiger partial charge in [0.2, 0.25) is 5.88 Å². The number of aromatic nitrogens is 4. The van der Waals surface area contributed by atoms with E-state index in [1.165, 1.54) is 12.3 Å². The summed E-state index contributed by atoms with van der Waals surface area (Å²) in [6.45, 7) is 0.758. The van der Waals surface area contributed by atoms with E-state index in [4.69, 9.17) is 9.47 Å². The first kappa shape index (κ1) is 21.8. The van der Waals surface area contributed by atoms with Crippen LogP contribution in [-0.2, 0) is 6.54 Å². The van der Waals surface area contributed by atoms with Crippen molar-refractivity contribution in [2.24, 2.45) is 5.92 Å². The molecule has 1 aliphatic rings. The summed E-state index contributed by atoms with van der Waals surface area (Å²) in [6.07, 6.45) is 0.744. The van der Waals surface area contributed by atoms with E-state index in [1.54, 1.807) is 20.2 Å². The molecule has 2 unspecified atom stereocenters. The second-order valence-electron chi connectivity index (χ2n) is 7.67. The van der Waals surface area contributed by atoms with Crippen molar-refractivity contribution < 1.29 is 22.6 Å². The standard InChI is InChI=1S/C22H21F3N4O3/c1-13-26-10-18(14-5-6-29(20(30)8-14)12-22(23,24)25)21(28-13)32-11-15-7-17(15)19-4-3-16(31-2)9-27-19/h3-6,8-10,15,17H,7,11-12H2,1-2H3. The van der Waals surface area contributed by atoms with Crippen LogP contribution in [0.5, 0.6) is 11.6 Å². The summed E-state index contributed by atoms with van der Waals surface area (Å²) in [5.41, 5.74) is 1.05. The molecule has 0 aliphatic heterocycles. The van der Waals surface area contributed by atoms with Crippen LogP contribution in [0.4, 0.5) is 13.2 Å². The van der Waals surface area contributed by atoms with Crippen molar-refractivity contribution in [2.75, 3.05) is 13.7 Å². The average Bonchev–Trinajstić information content (AvgIpc) is 3.53. The summed E-state index contributed by atoms with van der Waals surface area (Å²) < 4.78 is 49.5. The molecule has 7 nitrogen and oxygen atoms in total. The topological polar surface area (TPSA) is 79.1 Å². The molecule has 2 atom stereocenters. The third-order valence-corrected chi connectivity index (χ3v) is 5.26. The number of halogens is 3. The number of hydrogen-bond donors (Lipinski definition) is 0. The third kappa shape index (κ3) is 5.06. The molecule has 1 aliphatic carbocycles. The van der Waals surface area contributed by atoms with Crippen LogP contribution in [0, 0.1) is 12.8 Å². The highest BCUT2D eigenvalue weighted by Crippen LogP contribution is 2.47. The highest BCUT2D eigenvalue weighted by atomic mass is 19.4. The molecular formula is C22H21F3N4O3. The van der Waals surface area contributed by atoms with Gasteiger partial charge in [0.15, 0.2) is 0 Å². The molecule has 4 rings (SSSR count). The number of hydrogen-bond acceptors (Lipinski definition) is 6. The molecule has 0 amide bonds. The molecule has 168 valence electrons. The van der Waals surface area contributed by atoms with Gasteiger partial charge in [0.1, 0.15) is 18.1 Å². The Morgan fingerprint density at radius 1 is 1.19 bits per heavy atom. The van der Waals surface area contributed by atoms with E-state index in [2.05, 4.69) is 15.0 Å². The fraction of sp³-hybridized carbons (Fsp3) is 0.364. The Kier molecular flexibility index (Phi) is 5.86. The lowest BCUT2D eigenvalue weighted by Crippen LogP contribution is -2.27. The molecule has 1 saturated carbocycles. The summed E-state index contributed by atoms with van der Waals surface area (Å²) in [6, 6.07) is 6.36. The van der Waals surface area contributed by atoms with E-state index in [1.807, 2.05) is 12.1 Å². The van der Waals surface area contributed by atoms with Gasteiger partial charge in [-0.2, -0.15) is 18.2 Å². The normalized spacial score (nSPS) is 17.8. The molecular weight excluding hydrogens is 425 g/mol. The molecule has 10 heteroatoms. The van der Waals surface area contributed by atoms with E-state index in [0.29, 0.717) is 39.8 Å². The van der Waals surface area contributed by atoms with E-state index >= 15 is 0 Å². The van der Waals surface area contributed by atoms with Crippen LogP contribution < -0.4 is 15.0 Å². The maximum atomic E-state index is 12.6. The molecule has 0 bridgehead atoms. The van der Waals surface area contributed by atoms with Crippen LogP contribution in [0.25, 0.3) is 11.1 Å². The minimum Gasteiger partial charge on any atom is -0.495 e. The molecule has 3 aromatic heterocycles. The van der Waals surface area contributed by atoms with Crippen LogP contribution in [-0.4, -0.2) is 39.4 Å². The smallest absolute Gasteiger partial charge is 0.406 e. The van der Waals surface area contributed by atoms with E-state index in [0.717, 1.165) is 24.4 Å². The number of ether oxygens (including phenoxy) is 2. The Morgan fingerprint density at radius 2 is 2.00 bits per heavy atom. The molecule has 32 heavy (non-hydrogen) atoms. The van der Waals surface area contributed by atoms with Gasteiger partial charge in [-0.25, -0.2) is 4.98 Å². The molecule has 0 N–H and O–H groups in total. The molecule has 0 aromatic carbocycles. The fourth-order valence-corrected chi connectivity index (χ4v) is 3.47. The SMILES string of the molecule is COc1ccc(C2CC2COc2nc(C)ncc2-c2ccn(CC(F)(F)F)c(=O)c2)nc1. The Balaban J connectivity index is 1.48. The van der Waals surface area contributed by atoms with Crippen molar-refractivity contribution in [1.82, 2.24) is 19.5 Å². The van der Waals surface area contributed by atoms with E-state index < -0.39 is 18.3 Å². The predicted molar refractivity (Wildman–Crippen MR) is 110 cm³/mol. The maximum Gasteiger partial charge on any atom is 0.406 e. The largest absolute Gasteiger partial charge is 0.495 e. The first-order valence-electron chi connectivity index (χ1n) is 9.97. The third-order valence-electron chi connectivity index (χ3n) is 5.26. The maximum absolute atomic E-state index is 12.6. The Bertz CT molecular complexity index is 1160. The van der Waals surface area contributed by atoms with Crippen LogP contribution in [0.3, 0.4) is 0 Å². The summed E-state index contributed by atoms with van der Waals surface area (Å²) in [5.74, 6) is 2.01. The van der Waals surface area contributed by atoms with E-state index in [-0.39, 0.29) is 11.8 Å². The second-order valence-corrected chi connectivity index (χ2v) is 7.67. The number of aryl methyl sites for hydroxylation is 1. The fourth-order valence-electron chi connectivity index (χ4n) is 3.47. The number of rotatable bonds is 7. The lowest BCUT2D eigenvalue weighted by atomic mass is 10.1. The highest BCUT2D eigenvalue weighted by Gasteiger charge is 2.40. The van der Waals surface area contributed by atoms with Crippen molar-refractivity contribution in [2.45, 2.75) is 32.0 Å². The van der Waals surface area contributed by atoms with Crippen molar-refractivity contribution >= 4 is 0 Å². The Hall–Kier alpha value is -3.43. The van der Waals surface area contributed by atoms with Crippen molar-refractivity contribution in [3.8, 4) is 22.8 Å². The van der Waals surface area contributed by atoms with Gasteiger partial charge in [-0.1, -0.05) is 0 Å². The monoisotopic (exact) mass is 446 g/mol. The molecule has 3 heterocycles. The van der Waals surface area contributed by atoms with Crippen LogP contribution in [0.15, 0.2) is 47.7 Å². The van der Waals surface area contributed by atoms with Crippen molar-refractivity contribution in [3.63, 3.8) is 0 Å². The van der Waals surface area contributed by atoms with Gasteiger partial charge in [-0.15, -0.1) is 0 Å². The minimum atomic E-state index is -4.48. The number of nitrogens with zero attached hydrogens (tertiary/aromatic N) is 4. The zero-order valence-corrected chi connectivity index (χ0v) is 17.5. The first-order valence-corrected chi connectivity index (χ1v) is 9.97. The first-order chi connectivity index (χ1) is 15.2. The zero-order valence-electron chi connectivity index (χ0n) is 17.5. The highest BCUT2D eigenvalue weighted by molar-refractivity contribution is 5.67. The summed E-state index contributed by atoms with van der Waals surface area (Å²) in [5, 5.41) is 0. The number of alkyl halides is 3. The van der Waals surface area contributed by atoms with Gasteiger partial charge in [-0.05, 0) is 37.1 Å². The van der Waals surface area contributed by atoms with Crippen molar-refractivity contribution in [1.29, 1.82) is 0 Å². The van der Waals surface area contributed by atoms with E-state index in [9.17, 15) is 18.0 Å². The van der Waals surface area contributed by atoms with Crippen LogP contribution in [0.1, 0.15) is 23.9 Å². The number of pyridine rings is 2. The second kappa shape index (κ2) is 8.60.